The number of aromatic amines is 1. The number of nitrogens with one attached hydrogen (secondary N) is 1. The molecule has 1 N–H and O–H groups in total. The first kappa shape index (κ1) is 20.2. The van der Waals surface area contributed by atoms with Crippen LogP contribution in [0.3, 0.4) is 0 Å². The van der Waals surface area contributed by atoms with E-state index < -0.39 is 10.0 Å². The fourth-order valence-corrected chi connectivity index (χ4v) is 5.57. The SMILES string of the molecule is O=C(CSc1nc2ccc(Cl)cc2[nH]1)N1CCN(S(=O)(=O)c2ccccc2)CC1. The topological polar surface area (TPSA) is 86.4 Å². The molecule has 10 heteroatoms. The van der Waals surface area contributed by atoms with Crippen molar-refractivity contribution in [1.29, 1.82) is 0 Å². The third-order valence-corrected chi connectivity index (χ3v) is 7.73. The summed E-state index contributed by atoms with van der Waals surface area (Å²) in [4.78, 5) is 22.1. The van der Waals surface area contributed by atoms with Gasteiger partial charge in [-0.2, -0.15) is 4.31 Å². The Labute approximate surface area is 178 Å². The van der Waals surface area contributed by atoms with Crippen molar-refractivity contribution in [3.8, 4) is 0 Å². The van der Waals surface area contributed by atoms with Crippen LogP contribution in [-0.4, -0.2) is 65.4 Å². The first-order valence-electron chi connectivity index (χ1n) is 9.04. The molecule has 1 aromatic heterocycles. The Kier molecular flexibility index (Phi) is 5.82. The number of aromatic nitrogens is 2. The van der Waals surface area contributed by atoms with E-state index in [1.165, 1.54) is 16.1 Å². The summed E-state index contributed by atoms with van der Waals surface area (Å²) in [5, 5.41) is 1.28. The van der Waals surface area contributed by atoms with Gasteiger partial charge in [0.25, 0.3) is 0 Å². The molecule has 152 valence electrons. The van der Waals surface area contributed by atoms with Gasteiger partial charge in [-0.25, -0.2) is 13.4 Å². The van der Waals surface area contributed by atoms with Crippen LogP contribution in [-0.2, 0) is 14.8 Å². The van der Waals surface area contributed by atoms with E-state index in [4.69, 9.17) is 11.6 Å². The summed E-state index contributed by atoms with van der Waals surface area (Å²) in [5.41, 5.74) is 1.62. The van der Waals surface area contributed by atoms with Crippen LogP contribution in [0.1, 0.15) is 0 Å². The van der Waals surface area contributed by atoms with Crippen LogP contribution >= 0.6 is 23.4 Å². The average molecular weight is 451 g/mol. The van der Waals surface area contributed by atoms with Gasteiger partial charge in [0.05, 0.1) is 21.7 Å². The Balaban J connectivity index is 1.33. The van der Waals surface area contributed by atoms with Crippen LogP contribution in [0.15, 0.2) is 58.6 Å². The zero-order valence-electron chi connectivity index (χ0n) is 15.4. The van der Waals surface area contributed by atoms with Crippen molar-refractivity contribution in [2.24, 2.45) is 0 Å². The average Bonchev–Trinajstić information content (AvgIpc) is 3.14. The number of hydrogen-bond acceptors (Lipinski definition) is 5. The number of fused-ring (bicyclic) bond motifs is 1. The lowest BCUT2D eigenvalue weighted by atomic mass is 10.3. The van der Waals surface area contributed by atoms with Crippen molar-refractivity contribution < 1.29 is 13.2 Å². The Morgan fingerprint density at radius 1 is 1.10 bits per heavy atom. The first-order chi connectivity index (χ1) is 13.9. The molecule has 0 atom stereocenters. The van der Waals surface area contributed by atoms with Gasteiger partial charge in [0.15, 0.2) is 5.16 Å². The molecule has 1 saturated heterocycles. The zero-order valence-corrected chi connectivity index (χ0v) is 17.8. The van der Waals surface area contributed by atoms with Crippen molar-refractivity contribution in [2.45, 2.75) is 10.1 Å². The van der Waals surface area contributed by atoms with Crippen molar-refractivity contribution in [1.82, 2.24) is 19.2 Å². The summed E-state index contributed by atoms with van der Waals surface area (Å²) in [6.45, 7) is 1.33. The first-order valence-corrected chi connectivity index (χ1v) is 11.8. The van der Waals surface area contributed by atoms with Gasteiger partial charge in [0.2, 0.25) is 15.9 Å². The van der Waals surface area contributed by atoms with Gasteiger partial charge in [-0.3, -0.25) is 4.79 Å². The fraction of sp³-hybridized carbons (Fsp3) is 0.263. The van der Waals surface area contributed by atoms with Crippen LogP contribution < -0.4 is 0 Å². The Morgan fingerprint density at radius 3 is 2.55 bits per heavy atom. The lowest BCUT2D eigenvalue weighted by Crippen LogP contribution is -2.50. The fourth-order valence-electron chi connectivity index (χ4n) is 3.17. The number of benzene rings is 2. The zero-order chi connectivity index (χ0) is 20.4. The van der Waals surface area contributed by atoms with Crippen LogP contribution in [0, 0.1) is 0 Å². The molecule has 0 saturated carbocycles. The minimum Gasteiger partial charge on any atom is -0.339 e. The van der Waals surface area contributed by atoms with Gasteiger partial charge in [-0.05, 0) is 30.3 Å². The third-order valence-electron chi connectivity index (χ3n) is 4.73. The lowest BCUT2D eigenvalue weighted by Gasteiger charge is -2.34. The molecule has 1 aliphatic heterocycles. The summed E-state index contributed by atoms with van der Waals surface area (Å²) in [6.07, 6.45) is 0. The Bertz CT molecular complexity index is 1130. The highest BCUT2D eigenvalue weighted by Gasteiger charge is 2.29. The van der Waals surface area contributed by atoms with E-state index >= 15 is 0 Å². The number of thioether (sulfide) groups is 1. The van der Waals surface area contributed by atoms with Crippen LogP contribution in [0.5, 0.6) is 0 Å². The third kappa shape index (κ3) is 4.42. The number of sulfonamides is 1. The quantitative estimate of drug-likeness (QED) is 0.604. The number of nitrogens with zero attached hydrogens (tertiary/aromatic N) is 3. The molecule has 1 aliphatic rings. The van der Waals surface area contributed by atoms with E-state index in [0.29, 0.717) is 23.3 Å². The van der Waals surface area contributed by atoms with Gasteiger partial charge in [0.1, 0.15) is 0 Å². The number of H-pyrrole nitrogens is 1. The predicted octanol–water partition coefficient (Wildman–Crippen LogP) is 2.84. The molecular formula is C19H19ClN4O3S2. The molecule has 1 fully saturated rings. The standard InChI is InChI=1S/C19H19ClN4O3S2/c20-14-6-7-16-17(12-14)22-19(21-16)28-13-18(25)23-8-10-24(11-9-23)29(26,27)15-4-2-1-3-5-15/h1-7,12H,8-11,13H2,(H,21,22). The van der Waals surface area contributed by atoms with Crippen LogP contribution in [0.25, 0.3) is 11.0 Å². The van der Waals surface area contributed by atoms with E-state index in [1.807, 2.05) is 6.07 Å². The number of imidazole rings is 1. The molecule has 0 unspecified atom stereocenters. The van der Waals surface area contributed by atoms with Crippen molar-refractivity contribution in [3.05, 3.63) is 53.6 Å². The van der Waals surface area contributed by atoms with Gasteiger partial charge in [-0.15, -0.1) is 0 Å². The summed E-state index contributed by atoms with van der Waals surface area (Å²) < 4.78 is 26.8. The van der Waals surface area contributed by atoms with Gasteiger partial charge >= 0.3 is 0 Å². The summed E-state index contributed by atoms with van der Waals surface area (Å²) in [5.74, 6) is 0.198. The summed E-state index contributed by atoms with van der Waals surface area (Å²) >= 11 is 7.30. The Morgan fingerprint density at radius 2 is 1.83 bits per heavy atom. The number of carbonyl (C=O) groups excluding carboxylic acids is 1. The monoisotopic (exact) mass is 450 g/mol. The minimum atomic E-state index is -3.52. The molecule has 2 aromatic carbocycles. The van der Waals surface area contributed by atoms with Gasteiger partial charge < -0.3 is 9.88 Å². The largest absolute Gasteiger partial charge is 0.339 e. The molecule has 0 aliphatic carbocycles. The Hall–Kier alpha value is -2.07. The second kappa shape index (κ2) is 8.35. The van der Waals surface area contributed by atoms with Crippen LogP contribution in [0.2, 0.25) is 5.02 Å². The normalized spacial score (nSPS) is 15.7. The molecule has 3 aromatic rings. The summed E-state index contributed by atoms with van der Waals surface area (Å²) in [6, 6.07) is 13.8. The van der Waals surface area contributed by atoms with E-state index in [-0.39, 0.29) is 29.6 Å². The number of hydrogen-bond donors (Lipinski definition) is 1. The van der Waals surface area contributed by atoms with E-state index in [0.717, 1.165) is 11.0 Å². The molecule has 7 nitrogen and oxygen atoms in total. The summed E-state index contributed by atoms with van der Waals surface area (Å²) in [7, 11) is -3.52. The van der Waals surface area contributed by atoms with E-state index in [1.54, 1.807) is 47.4 Å². The smallest absolute Gasteiger partial charge is 0.243 e. The minimum absolute atomic E-state index is 0.0368. The molecular weight excluding hydrogens is 432 g/mol. The number of halogens is 1. The molecule has 4 rings (SSSR count). The van der Waals surface area contributed by atoms with Crippen molar-refractivity contribution >= 4 is 50.3 Å². The van der Waals surface area contributed by atoms with Gasteiger partial charge in [0, 0.05) is 31.2 Å². The number of piperazine rings is 1. The number of amides is 1. The lowest BCUT2D eigenvalue weighted by molar-refractivity contribution is -0.129. The molecule has 1 amide bonds. The second-order valence-electron chi connectivity index (χ2n) is 6.59. The molecule has 2 heterocycles. The molecule has 0 spiro atoms. The maximum Gasteiger partial charge on any atom is 0.243 e. The van der Waals surface area contributed by atoms with Crippen molar-refractivity contribution in [3.63, 3.8) is 0 Å². The maximum absolute atomic E-state index is 12.7. The predicted molar refractivity (Wildman–Crippen MR) is 114 cm³/mol. The highest BCUT2D eigenvalue weighted by atomic mass is 35.5. The highest BCUT2D eigenvalue weighted by molar-refractivity contribution is 7.99. The molecule has 0 radical (unpaired) electrons. The molecule has 29 heavy (non-hydrogen) atoms. The van der Waals surface area contributed by atoms with E-state index in [9.17, 15) is 13.2 Å². The maximum atomic E-state index is 12.7. The molecule has 0 bridgehead atoms. The second-order valence-corrected chi connectivity index (χ2v) is 9.93. The number of rotatable bonds is 5. The van der Waals surface area contributed by atoms with E-state index in [2.05, 4.69) is 9.97 Å². The van der Waals surface area contributed by atoms with Crippen molar-refractivity contribution in [2.75, 3.05) is 31.9 Å². The van der Waals surface area contributed by atoms with Crippen LogP contribution in [0.4, 0.5) is 0 Å². The van der Waals surface area contributed by atoms with Gasteiger partial charge in [-0.1, -0.05) is 41.6 Å². The number of carbonyl (C=O) groups is 1. The highest BCUT2D eigenvalue weighted by Crippen LogP contribution is 2.23.